The fourth-order valence-corrected chi connectivity index (χ4v) is 1.40. The van der Waals surface area contributed by atoms with Crippen LogP contribution in [-0.4, -0.2) is 23.9 Å². The van der Waals surface area contributed by atoms with Gasteiger partial charge >= 0.3 is 0 Å². The first-order valence-electron chi connectivity index (χ1n) is 4.06. The monoisotopic (exact) mass is 162 g/mol. The molecule has 3 nitrogen and oxygen atoms in total. The van der Waals surface area contributed by atoms with Gasteiger partial charge in [0.05, 0.1) is 12.2 Å². The number of hydrogen-bond donors (Lipinski definition) is 1. The standard InChI is InChI=1S/C9H10N2O/c12-9-6-10-5-3-8-7(9)2-1-4-11-8/h1-2,4,10H,3,5-6H2. The highest BCUT2D eigenvalue weighted by Gasteiger charge is 2.14. The summed E-state index contributed by atoms with van der Waals surface area (Å²) in [6.45, 7) is 1.29. The summed E-state index contributed by atoms with van der Waals surface area (Å²) in [7, 11) is 0. The Morgan fingerprint density at radius 2 is 2.42 bits per heavy atom. The number of rotatable bonds is 0. The maximum atomic E-state index is 11.4. The van der Waals surface area contributed by atoms with Gasteiger partial charge in [-0.2, -0.15) is 0 Å². The summed E-state index contributed by atoms with van der Waals surface area (Å²) in [4.78, 5) is 15.6. The van der Waals surface area contributed by atoms with Gasteiger partial charge in [0.15, 0.2) is 5.78 Å². The second kappa shape index (κ2) is 3.03. The van der Waals surface area contributed by atoms with E-state index in [1.54, 1.807) is 6.20 Å². The molecule has 1 N–H and O–H groups in total. The molecule has 3 heteroatoms. The summed E-state index contributed by atoms with van der Waals surface area (Å²) in [5.74, 6) is 0.149. The average molecular weight is 162 g/mol. The van der Waals surface area contributed by atoms with E-state index in [2.05, 4.69) is 10.3 Å². The van der Waals surface area contributed by atoms with E-state index in [0.717, 1.165) is 24.2 Å². The number of hydrogen-bond acceptors (Lipinski definition) is 3. The van der Waals surface area contributed by atoms with Crippen LogP contribution in [0.2, 0.25) is 0 Å². The van der Waals surface area contributed by atoms with Crippen molar-refractivity contribution in [2.75, 3.05) is 13.1 Å². The molecule has 12 heavy (non-hydrogen) atoms. The molecule has 0 amide bonds. The summed E-state index contributed by atoms with van der Waals surface area (Å²) >= 11 is 0. The van der Waals surface area contributed by atoms with Gasteiger partial charge in [-0.15, -0.1) is 0 Å². The fraction of sp³-hybridized carbons (Fsp3) is 0.333. The van der Waals surface area contributed by atoms with E-state index in [1.807, 2.05) is 12.1 Å². The Bertz CT molecular complexity index is 309. The number of fused-ring (bicyclic) bond motifs is 1. The molecule has 0 unspecified atom stereocenters. The molecule has 1 aliphatic heterocycles. The molecule has 62 valence electrons. The summed E-state index contributed by atoms with van der Waals surface area (Å²) < 4.78 is 0. The molecule has 1 aliphatic rings. The van der Waals surface area contributed by atoms with Crippen molar-refractivity contribution in [3.8, 4) is 0 Å². The molecule has 0 bridgehead atoms. The summed E-state index contributed by atoms with van der Waals surface area (Å²) in [6, 6.07) is 3.65. The van der Waals surface area contributed by atoms with Crippen molar-refractivity contribution in [3.05, 3.63) is 29.6 Å². The van der Waals surface area contributed by atoms with Gasteiger partial charge in [-0.05, 0) is 12.1 Å². The molecular formula is C9H10N2O. The summed E-state index contributed by atoms with van der Waals surface area (Å²) in [5.41, 5.74) is 1.70. The first-order valence-corrected chi connectivity index (χ1v) is 4.06. The Labute approximate surface area is 70.8 Å². The van der Waals surface area contributed by atoms with Crippen molar-refractivity contribution >= 4 is 5.78 Å². The van der Waals surface area contributed by atoms with Crippen LogP contribution in [0.3, 0.4) is 0 Å². The third kappa shape index (κ3) is 1.23. The fourth-order valence-electron chi connectivity index (χ4n) is 1.40. The molecular weight excluding hydrogens is 152 g/mol. The van der Waals surface area contributed by atoms with E-state index < -0.39 is 0 Å². The van der Waals surface area contributed by atoms with E-state index in [1.165, 1.54) is 0 Å². The number of Topliss-reactive ketones (excluding diaryl/α,β-unsaturated/α-hetero) is 1. The third-order valence-electron chi connectivity index (χ3n) is 2.01. The smallest absolute Gasteiger partial charge is 0.178 e. The van der Waals surface area contributed by atoms with Gasteiger partial charge in [0, 0.05) is 24.7 Å². The Kier molecular flexibility index (Phi) is 1.87. The van der Waals surface area contributed by atoms with Crippen LogP contribution in [0.5, 0.6) is 0 Å². The number of ketones is 1. The lowest BCUT2D eigenvalue weighted by atomic mass is 10.1. The molecule has 0 radical (unpaired) electrons. The van der Waals surface area contributed by atoms with Crippen LogP contribution in [0, 0.1) is 0 Å². The lowest BCUT2D eigenvalue weighted by Gasteiger charge is -1.99. The normalized spacial score (nSPS) is 16.8. The predicted molar refractivity (Wildman–Crippen MR) is 45.1 cm³/mol. The van der Waals surface area contributed by atoms with Crippen molar-refractivity contribution in [1.29, 1.82) is 0 Å². The highest BCUT2D eigenvalue weighted by atomic mass is 16.1. The van der Waals surface area contributed by atoms with Crippen LogP contribution in [-0.2, 0) is 6.42 Å². The van der Waals surface area contributed by atoms with E-state index in [-0.39, 0.29) is 5.78 Å². The maximum Gasteiger partial charge on any atom is 0.178 e. The Balaban J connectivity index is 2.46. The van der Waals surface area contributed by atoms with Gasteiger partial charge in [-0.3, -0.25) is 9.78 Å². The van der Waals surface area contributed by atoms with Crippen molar-refractivity contribution in [3.63, 3.8) is 0 Å². The molecule has 2 heterocycles. The van der Waals surface area contributed by atoms with Gasteiger partial charge in [0.2, 0.25) is 0 Å². The van der Waals surface area contributed by atoms with Gasteiger partial charge < -0.3 is 5.32 Å². The molecule has 1 aromatic heterocycles. The Morgan fingerprint density at radius 3 is 3.33 bits per heavy atom. The van der Waals surface area contributed by atoms with E-state index >= 15 is 0 Å². The van der Waals surface area contributed by atoms with Gasteiger partial charge in [-0.1, -0.05) is 0 Å². The third-order valence-corrected chi connectivity index (χ3v) is 2.01. The zero-order valence-corrected chi connectivity index (χ0v) is 6.71. The molecule has 1 aromatic rings. The number of nitrogens with one attached hydrogen (secondary N) is 1. The Morgan fingerprint density at radius 1 is 1.50 bits per heavy atom. The van der Waals surface area contributed by atoms with Crippen LogP contribution in [0.25, 0.3) is 0 Å². The van der Waals surface area contributed by atoms with Crippen molar-refractivity contribution < 1.29 is 4.79 Å². The molecule has 0 saturated heterocycles. The molecule has 0 atom stereocenters. The lowest BCUT2D eigenvalue weighted by molar-refractivity contribution is 0.0993. The molecule has 2 rings (SSSR count). The van der Waals surface area contributed by atoms with Crippen LogP contribution in [0.15, 0.2) is 18.3 Å². The number of nitrogens with zero attached hydrogens (tertiary/aromatic N) is 1. The van der Waals surface area contributed by atoms with Crippen molar-refractivity contribution in [2.45, 2.75) is 6.42 Å². The lowest BCUT2D eigenvalue weighted by Crippen LogP contribution is -2.21. The minimum absolute atomic E-state index is 0.149. The summed E-state index contributed by atoms with van der Waals surface area (Å²) in [5, 5.41) is 3.05. The molecule has 0 aromatic carbocycles. The average Bonchev–Trinajstić information content (AvgIpc) is 2.29. The first-order chi connectivity index (χ1) is 5.88. The van der Waals surface area contributed by atoms with E-state index in [0.29, 0.717) is 6.54 Å². The SMILES string of the molecule is O=C1CNCCc2ncccc21. The largest absolute Gasteiger partial charge is 0.309 e. The number of aromatic nitrogens is 1. The highest BCUT2D eigenvalue weighted by Crippen LogP contribution is 2.08. The molecule has 0 fully saturated rings. The molecule has 0 saturated carbocycles. The second-order valence-electron chi connectivity index (χ2n) is 2.85. The zero-order valence-electron chi connectivity index (χ0n) is 6.71. The number of pyridine rings is 1. The first kappa shape index (κ1) is 7.43. The molecule has 0 spiro atoms. The van der Waals surface area contributed by atoms with Crippen LogP contribution < -0.4 is 5.32 Å². The predicted octanol–water partition coefficient (Wildman–Crippen LogP) is 0.410. The topological polar surface area (TPSA) is 42.0 Å². The maximum absolute atomic E-state index is 11.4. The van der Waals surface area contributed by atoms with Crippen molar-refractivity contribution in [1.82, 2.24) is 10.3 Å². The van der Waals surface area contributed by atoms with Gasteiger partial charge in [-0.25, -0.2) is 0 Å². The van der Waals surface area contributed by atoms with Crippen LogP contribution in [0.4, 0.5) is 0 Å². The van der Waals surface area contributed by atoms with Gasteiger partial charge in [0.25, 0.3) is 0 Å². The number of carbonyl (C=O) groups excluding carboxylic acids is 1. The Hall–Kier alpha value is -1.22. The van der Waals surface area contributed by atoms with E-state index in [4.69, 9.17) is 0 Å². The van der Waals surface area contributed by atoms with Crippen LogP contribution in [0.1, 0.15) is 16.1 Å². The highest BCUT2D eigenvalue weighted by molar-refractivity contribution is 5.98. The second-order valence-corrected chi connectivity index (χ2v) is 2.85. The van der Waals surface area contributed by atoms with Gasteiger partial charge in [0.1, 0.15) is 0 Å². The zero-order chi connectivity index (χ0) is 8.39. The van der Waals surface area contributed by atoms with Crippen molar-refractivity contribution in [2.24, 2.45) is 0 Å². The molecule has 0 aliphatic carbocycles. The quantitative estimate of drug-likeness (QED) is 0.600. The number of carbonyl (C=O) groups is 1. The van der Waals surface area contributed by atoms with Crippen LogP contribution >= 0.6 is 0 Å². The summed E-state index contributed by atoms with van der Waals surface area (Å²) in [6.07, 6.45) is 2.58. The minimum atomic E-state index is 0.149. The van der Waals surface area contributed by atoms with E-state index in [9.17, 15) is 4.79 Å². The minimum Gasteiger partial charge on any atom is -0.309 e.